The van der Waals surface area contributed by atoms with Crippen molar-refractivity contribution in [3.8, 4) is 5.75 Å². The van der Waals surface area contributed by atoms with E-state index in [2.05, 4.69) is 0 Å². The zero-order valence-electron chi connectivity index (χ0n) is 11.9. The molecule has 1 aromatic carbocycles. The zero-order valence-corrected chi connectivity index (χ0v) is 12.8. The van der Waals surface area contributed by atoms with Gasteiger partial charge in [-0.1, -0.05) is 6.07 Å². The summed E-state index contributed by atoms with van der Waals surface area (Å²) < 4.78 is 43.1. The van der Waals surface area contributed by atoms with E-state index in [1.165, 1.54) is 11.4 Å². The summed E-state index contributed by atoms with van der Waals surface area (Å²) in [6.07, 6.45) is 1.13. The Bertz CT molecular complexity index is 600. The molecule has 2 heterocycles. The first kappa shape index (κ1) is 14.8. The van der Waals surface area contributed by atoms with Crippen molar-refractivity contribution < 1.29 is 22.6 Å². The maximum atomic E-state index is 12.6. The van der Waals surface area contributed by atoms with Crippen LogP contribution in [-0.2, 0) is 19.5 Å². The Morgan fingerprint density at radius 1 is 1.19 bits per heavy atom. The third-order valence-electron chi connectivity index (χ3n) is 3.98. The molecule has 0 amide bonds. The van der Waals surface area contributed by atoms with Crippen molar-refractivity contribution in [3.05, 3.63) is 24.3 Å². The second-order valence-corrected chi connectivity index (χ2v) is 7.13. The monoisotopic (exact) mass is 313 g/mol. The van der Waals surface area contributed by atoms with Gasteiger partial charge in [0.15, 0.2) is 5.79 Å². The number of ether oxygens (including phenoxy) is 3. The smallest absolute Gasteiger partial charge is 0.243 e. The van der Waals surface area contributed by atoms with Gasteiger partial charge in [-0.3, -0.25) is 0 Å². The van der Waals surface area contributed by atoms with E-state index in [9.17, 15) is 8.42 Å². The first-order valence-electron chi connectivity index (χ1n) is 6.98. The Hall–Kier alpha value is -1.15. The van der Waals surface area contributed by atoms with Gasteiger partial charge in [0, 0.05) is 32.0 Å². The van der Waals surface area contributed by atoms with Crippen molar-refractivity contribution in [1.82, 2.24) is 4.31 Å². The molecule has 0 atom stereocenters. The fourth-order valence-electron chi connectivity index (χ4n) is 2.76. The first-order valence-corrected chi connectivity index (χ1v) is 8.42. The van der Waals surface area contributed by atoms with Crippen LogP contribution in [0.15, 0.2) is 29.2 Å². The van der Waals surface area contributed by atoms with Crippen LogP contribution in [0.3, 0.4) is 0 Å². The molecule has 0 N–H and O–H groups in total. The fourth-order valence-corrected chi connectivity index (χ4v) is 4.24. The van der Waals surface area contributed by atoms with E-state index < -0.39 is 15.8 Å². The van der Waals surface area contributed by atoms with Crippen molar-refractivity contribution in [2.45, 2.75) is 23.5 Å². The van der Waals surface area contributed by atoms with Gasteiger partial charge in [-0.15, -0.1) is 0 Å². The zero-order chi connectivity index (χ0) is 14.9. The minimum atomic E-state index is -3.50. The van der Waals surface area contributed by atoms with Gasteiger partial charge in [-0.2, -0.15) is 4.31 Å². The van der Waals surface area contributed by atoms with Crippen LogP contribution in [0.5, 0.6) is 5.75 Å². The van der Waals surface area contributed by atoms with Crippen molar-refractivity contribution in [3.63, 3.8) is 0 Å². The average Bonchev–Trinajstić information content (AvgIpc) is 2.96. The van der Waals surface area contributed by atoms with Gasteiger partial charge in [0.1, 0.15) is 5.75 Å². The normalized spacial score (nSPS) is 22.5. The van der Waals surface area contributed by atoms with Crippen molar-refractivity contribution in [1.29, 1.82) is 0 Å². The van der Waals surface area contributed by atoms with Gasteiger partial charge in [0.05, 0.1) is 25.2 Å². The van der Waals surface area contributed by atoms with Crippen LogP contribution in [-0.4, -0.2) is 51.9 Å². The van der Waals surface area contributed by atoms with Crippen LogP contribution in [0.25, 0.3) is 0 Å². The maximum Gasteiger partial charge on any atom is 0.243 e. The molecule has 2 saturated heterocycles. The van der Waals surface area contributed by atoms with Crippen LogP contribution >= 0.6 is 0 Å². The standard InChI is InChI=1S/C14H19NO5S/c1-18-12-3-2-4-13(11-12)21(16,17)15-7-5-14(6-8-15)19-9-10-20-14/h2-4,11H,5-10H2,1H3. The molecule has 116 valence electrons. The minimum absolute atomic E-state index is 0.256. The molecule has 2 fully saturated rings. The summed E-state index contributed by atoms with van der Waals surface area (Å²) in [5, 5.41) is 0. The predicted octanol–water partition coefficient (Wildman–Crippen LogP) is 1.22. The number of sulfonamides is 1. The van der Waals surface area contributed by atoms with Crippen LogP contribution < -0.4 is 4.74 Å². The Kier molecular flexibility index (Phi) is 3.92. The van der Waals surface area contributed by atoms with E-state index in [4.69, 9.17) is 14.2 Å². The Labute approximate surface area is 124 Å². The van der Waals surface area contributed by atoms with E-state index >= 15 is 0 Å². The van der Waals surface area contributed by atoms with Gasteiger partial charge >= 0.3 is 0 Å². The predicted molar refractivity (Wildman–Crippen MR) is 75.6 cm³/mol. The molecule has 0 saturated carbocycles. The molecule has 7 heteroatoms. The second-order valence-electron chi connectivity index (χ2n) is 5.19. The summed E-state index contributed by atoms with van der Waals surface area (Å²) in [7, 11) is -1.98. The lowest BCUT2D eigenvalue weighted by molar-refractivity contribution is -0.179. The van der Waals surface area contributed by atoms with Crippen LogP contribution in [0.4, 0.5) is 0 Å². The number of hydrogen-bond acceptors (Lipinski definition) is 5. The highest BCUT2D eigenvalue weighted by Crippen LogP contribution is 2.33. The Morgan fingerprint density at radius 2 is 1.86 bits per heavy atom. The number of hydrogen-bond donors (Lipinski definition) is 0. The molecule has 2 aliphatic rings. The number of benzene rings is 1. The van der Waals surface area contributed by atoms with E-state index in [1.807, 2.05) is 0 Å². The summed E-state index contributed by atoms with van der Waals surface area (Å²) in [6.45, 7) is 1.98. The number of rotatable bonds is 3. The summed E-state index contributed by atoms with van der Waals surface area (Å²) >= 11 is 0. The topological polar surface area (TPSA) is 65.1 Å². The van der Waals surface area contributed by atoms with Crippen molar-refractivity contribution in [2.24, 2.45) is 0 Å². The van der Waals surface area contributed by atoms with Gasteiger partial charge in [0.25, 0.3) is 0 Å². The largest absolute Gasteiger partial charge is 0.497 e. The molecule has 3 rings (SSSR count). The molecule has 21 heavy (non-hydrogen) atoms. The second kappa shape index (κ2) is 5.57. The van der Waals surface area contributed by atoms with E-state index in [-0.39, 0.29) is 4.90 Å². The summed E-state index contributed by atoms with van der Waals surface area (Å²) in [5.74, 6) is -0.0348. The van der Waals surface area contributed by atoms with Gasteiger partial charge in [-0.05, 0) is 12.1 Å². The van der Waals surface area contributed by atoms with Gasteiger partial charge in [0.2, 0.25) is 10.0 Å². The molecule has 1 aromatic rings. The Balaban J connectivity index is 1.76. The summed E-state index contributed by atoms with van der Waals surface area (Å²) in [5.41, 5.74) is 0. The summed E-state index contributed by atoms with van der Waals surface area (Å²) in [4.78, 5) is 0.256. The molecule has 0 aromatic heterocycles. The molecular weight excluding hydrogens is 294 g/mol. The third kappa shape index (κ3) is 2.78. The number of nitrogens with zero attached hydrogens (tertiary/aromatic N) is 1. The average molecular weight is 313 g/mol. The van der Waals surface area contributed by atoms with Crippen LogP contribution in [0.2, 0.25) is 0 Å². The molecule has 1 spiro atoms. The van der Waals surface area contributed by atoms with Crippen LogP contribution in [0, 0.1) is 0 Å². The molecule has 6 nitrogen and oxygen atoms in total. The molecule has 2 aliphatic heterocycles. The molecule has 0 radical (unpaired) electrons. The highest BCUT2D eigenvalue weighted by molar-refractivity contribution is 7.89. The molecule has 0 bridgehead atoms. The summed E-state index contributed by atoms with van der Waals surface area (Å²) in [6, 6.07) is 6.54. The SMILES string of the molecule is COc1cccc(S(=O)(=O)N2CCC3(CC2)OCCO3)c1. The highest BCUT2D eigenvalue weighted by atomic mass is 32.2. The van der Waals surface area contributed by atoms with Crippen LogP contribution in [0.1, 0.15) is 12.8 Å². The van der Waals surface area contributed by atoms with Crippen molar-refractivity contribution >= 4 is 10.0 Å². The molecular formula is C14H19NO5S. The molecule has 0 aliphatic carbocycles. The van der Waals surface area contributed by atoms with E-state index in [0.717, 1.165) is 0 Å². The maximum absolute atomic E-state index is 12.6. The lowest BCUT2D eigenvalue weighted by Gasteiger charge is -2.36. The lowest BCUT2D eigenvalue weighted by atomic mass is 10.1. The minimum Gasteiger partial charge on any atom is -0.497 e. The van der Waals surface area contributed by atoms with E-state index in [1.54, 1.807) is 24.3 Å². The van der Waals surface area contributed by atoms with E-state index in [0.29, 0.717) is 44.9 Å². The quantitative estimate of drug-likeness (QED) is 0.839. The number of methoxy groups -OCH3 is 1. The molecule has 0 unspecified atom stereocenters. The highest BCUT2D eigenvalue weighted by Gasteiger charge is 2.42. The lowest BCUT2D eigenvalue weighted by Crippen LogP contribution is -2.47. The third-order valence-corrected chi connectivity index (χ3v) is 5.87. The fraction of sp³-hybridized carbons (Fsp3) is 0.571. The van der Waals surface area contributed by atoms with Gasteiger partial charge < -0.3 is 14.2 Å². The first-order chi connectivity index (χ1) is 10.1. The number of piperidine rings is 1. The van der Waals surface area contributed by atoms with Crippen molar-refractivity contribution in [2.75, 3.05) is 33.4 Å². The van der Waals surface area contributed by atoms with Gasteiger partial charge in [-0.25, -0.2) is 8.42 Å². The Morgan fingerprint density at radius 3 is 2.48 bits per heavy atom.